The molecule has 1 aromatic rings. The lowest BCUT2D eigenvalue weighted by molar-refractivity contribution is -0.137. The number of hydrogen-bond donors (Lipinski definition) is 1. The molecule has 1 aliphatic rings. The SMILES string of the molecule is CCCCOc1ccc(C(=O)OCC(=O)N2CCC(C(N)=O)CC2)cc1. The van der Waals surface area contributed by atoms with Crippen molar-refractivity contribution in [2.45, 2.75) is 32.6 Å². The minimum Gasteiger partial charge on any atom is -0.494 e. The second kappa shape index (κ2) is 9.79. The topological polar surface area (TPSA) is 98.9 Å². The fraction of sp³-hybridized carbons (Fsp3) is 0.526. The fourth-order valence-corrected chi connectivity index (χ4v) is 2.74. The second-order valence-electron chi connectivity index (χ2n) is 6.36. The minimum atomic E-state index is -0.550. The number of esters is 1. The van der Waals surface area contributed by atoms with E-state index in [9.17, 15) is 14.4 Å². The third kappa shape index (κ3) is 5.75. The number of piperidine rings is 1. The second-order valence-corrected chi connectivity index (χ2v) is 6.36. The molecule has 142 valence electrons. The highest BCUT2D eigenvalue weighted by atomic mass is 16.5. The summed E-state index contributed by atoms with van der Waals surface area (Å²) in [6.45, 7) is 3.32. The molecule has 2 rings (SSSR count). The van der Waals surface area contributed by atoms with Gasteiger partial charge in [0, 0.05) is 19.0 Å². The van der Waals surface area contributed by atoms with Crippen LogP contribution in [0.3, 0.4) is 0 Å². The van der Waals surface area contributed by atoms with Gasteiger partial charge in [0.05, 0.1) is 12.2 Å². The van der Waals surface area contributed by atoms with E-state index >= 15 is 0 Å². The quantitative estimate of drug-likeness (QED) is 0.561. The maximum atomic E-state index is 12.1. The first-order chi connectivity index (χ1) is 12.5. The summed E-state index contributed by atoms with van der Waals surface area (Å²) in [7, 11) is 0. The van der Waals surface area contributed by atoms with Crippen LogP contribution in [0.15, 0.2) is 24.3 Å². The highest BCUT2D eigenvalue weighted by Crippen LogP contribution is 2.17. The van der Waals surface area contributed by atoms with Crippen molar-refractivity contribution in [3.63, 3.8) is 0 Å². The van der Waals surface area contributed by atoms with Gasteiger partial charge in [-0.2, -0.15) is 0 Å². The molecule has 0 aromatic heterocycles. The maximum Gasteiger partial charge on any atom is 0.338 e. The molecule has 0 aliphatic carbocycles. The molecule has 7 nitrogen and oxygen atoms in total. The molecule has 1 aliphatic heterocycles. The van der Waals surface area contributed by atoms with Gasteiger partial charge in [0.15, 0.2) is 6.61 Å². The summed E-state index contributed by atoms with van der Waals surface area (Å²) in [4.78, 5) is 36.9. The zero-order chi connectivity index (χ0) is 18.9. The van der Waals surface area contributed by atoms with E-state index in [2.05, 4.69) is 6.92 Å². The van der Waals surface area contributed by atoms with Crippen LogP contribution in [0, 0.1) is 5.92 Å². The van der Waals surface area contributed by atoms with Crippen LogP contribution >= 0.6 is 0 Å². The first kappa shape index (κ1) is 19.8. The Morgan fingerprint density at radius 2 is 1.81 bits per heavy atom. The van der Waals surface area contributed by atoms with Gasteiger partial charge in [0.2, 0.25) is 5.91 Å². The average Bonchev–Trinajstić information content (AvgIpc) is 2.66. The Hall–Kier alpha value is -2.57. The van der Waals surface area contributed by atoms with E-state index < -0.39 is 5.97 Å². The van der Waals surface area contributed by atoms with E-state index in [0.29, 0.717) is 43.9 Å². The summed E-state index contributed by atoms with van der Waals surface area (Å²) >= 11 is 0. The molecule has 0 bridgehead atoms. The number of likely N-dealkylation sites (tertiary alicyclic amines) is 1. The number of hydrogen-bond acceptors (Lipinski definition) is 5. The highest BCUT2D eigenvalue weighted by molar-refractivity contribution is 5.91. The molecule has 1 saturated heterocycles. The predicted octanol–water partition coefficient (Wildman–Crippen LogP) is 1.75. The largest absolute Gasteiger partial charge is 0.494 e. The summed E-state index contributed by atoms with van der Waals surface area (Å²) in [6.07, 6.45) is 3.13. The van der Waals surface area contributed by atoms with Crippen LogP contribution in [0.5, 0.6) is 5.75 Å². The van der Waals surface area contributed by atoms with E-state index in [4.69, 9.17) is 15.2 Å². The molecule has 0 unspecified atom stereocenters. The van der Waals surface area contributed by atoms with Crippen molar-refractivity contribution in [3.05, 3.63) is 29.8 Å². The molecular formula is C19H26N2O5. The molecular weight excluding hydrogens is 336 g/mol. The average molecular weight is 362 g/mol. The molecule has 7 heteroatoms. The van der Waals surface area contributed by atoms with E-state index in [0.717, 1.165) is 12.8 Å². The molecule has 0 spiro atoms. The zero-order valence-electron chi connectivity index (χ0n) is 15.1. The van der Waals surface area contributed by atoms with Crippen molar-refractivity contribution >= 4 is 17.8 Å². The standard InChI is InChI=1S/C19H26N2O5/c1-2-3-12-25-16-6-4-15(5-7-16)19(24)26-13-17(22)21-10-8-14(9-11-21)18(20)23/h4-7,14H,2-3,8-13H2,1H3,(H2,20,23). The smallest absolute Gasteiger partial charge is 0.338 e. The van der Waals surface area contributed by atoms with E-state index in [1.165, 1.54) is 0 Å². The highest BCUT2D eigenvalue weighted by Gasteiger charge is 2.26. The summed E-state index contributed by atoms with van der Waals surface area (Å²) in [6, 6.07) is 6.66. The Morgan fingerprint density at radius 3 is 2.38 bits per heavy atom. The van der Waals surface area contributed by atoms with Gasteiger partial charge in [-0.25, -0.2) is 4.79 Å². The molecule has 0 atom stereocenters. The summed E-state index contributed by atoms with van der Waals surface area (Å²) in [5, 5.41) is 0. The predicted molar refractivity (Wildman–Crippen MR) is 95.6 cm³/mol. The molecule has 2 N–H and O–H groups in total. The lowest BCUT2D eigenvalue weighted by Gasteiger charge is -2.30. The summed E-state index contributed by atoms with van der Waals surface area (Å²) in [5.74, 6) is -0.625. The van der Waals surface area contributed by atoms with E-state index in [1.54, 1.807) is 29.2 Å². The van der Waals surface area contributed by atoms with E-state index in [-0.39, 0.29) is 24.3 Å². The lowest BCUT2D eigenvalue weighted by Crippen LogP contribution is -2.43. The molecule has 1 heterocycles. The van der Waals surface area contributed by atoms with Crippen LogP contribution < -0.4 is 10.5 Å². The number of carbonyl (C=O) groups is 3. The number of primary amides is 1. The Bertz CT molecular complexity index is 621. The van der Waals surface area contributed by atoms with Crippen molar-refractivity contribution in [3.8, 4) is 5.75 Å². The van der Waals surface area contributed by atoms with Gasteiger partial charge in [-0.05, 0) is 43.5 Å². The van der Waals surface area contributed by atoms with Crippen molar-refractivity contribution in [2.24, 2.45) is 11.7 Å². The van der Waals surface area contributed by atoms with Crippen molar-refractivity contribution in [2.75, 3.05) is 26.3 Å². The number of unbranched alkanes of at least 4 members (excludes halogenated alkanes) is 1. The molecule has 0 saturated carbocycles. The molecule has 1 aromatic carbocycles. The molecule has 1 fully saturated rings. The fourth-order valence-electron chi connectivity index (χ4n) is 2.74. The Kier molecular flexibility index (Phi) is 7.44. The van der Waals surface area contributed by atoms with Crippen molar-refractivity contribution in [1.82, 2.24) is 4.90 Å². The minimum absolute atomic E-state index is 0.181. The number of rotatable bonds is 8. The number of nitrogens with two attached hydrogens (primary N) is 1. The lowest BCUT2D eigenvalue weighted by atomic mass is 9.96. The normalized spacial score (nSPS) is 14.7. The third-order valence-electron chi connectivity index (χ3n) is 4.43. The summed E-state index contributed by atoms with van der Waals surface area (Å²) in [5.41, 5.74) is 5.64. The van der Waals surface area contributed by atoms with Gasteiger partial charge in [-0.1, -0.05) is 13.3 Å². The maximum absolute atomic E-state index is 12.1. The van der Waals surface area contributed by atoms with Gasteiger partial charge in [-0.3, -0.25) is 9.59 Å². The number of ether oxygens (including phenoxy) is 2. The van der Waals surface area contributed by atoms with Crippen LogP contribution in [-0.4, -0.2) is 49.0 Å². The van der Waals surface area contributed by atoms with Crippen molar-refractivity contribution < 1.29 is 23.9 Å². The first-order valence-electron chi connectivity index (χ1n) is 8.98. The van der Waals surface area contributed by atoms with Gasteiger partial charge in [-0.15, -0.1) is 0 Å². The number of benzene rings is 1. The Balaban J connectivity index is 1.75. The van der Waals surface area contributed by atoms with Crippen LogP contribution in [0.1, 0.15) is 43.0 Å². The number of nitrogens with zero attached hydrogens (tertiary/aromatic N) is 1. The zero-order valence-corrected chi connectivity index (χ0v) is 15.1. The Morgan fingerprint density at radius 1 is 1.15 bits per heavy atom. The number of carbonyl (C=O) groups excluding carboxylic acids is 3. The monoisotopic (exact) mass is 362 g/mol. The molecule has 0 radical (unpaired) electrons. The van der Waals surface area contributed by atoms with Gasteiger partial charge in [0.25, 0.3) is 5.91 Å². The van der Waals surface area contributed by atoms with Crippen LogP contribution in [0.25, 0.3) is 0 Å². The number of amides is 2. The third-order valence-corrected chi connectivity index (χ3v) is 4.43. The summed E-state index contributed by atoms with van der Waals surface area (Å²) < 4.78 is 10.6. The van der Waals surface area contributed by atoms with E-state index in [1.807, 2.05) is 0 Å². The molecule has 2 amide bonds. The van der Waals surface area contributed by atoms with Gasteiger partial charge < -0.3 is 20.1 Å². The van der Waals surface area contributed by atoms with Crippen LogP contribution in [-0.2, 0) is 14.3 Å². The van der Waals surface area contributed by atoms with Gasteiger partial charge >= 0.3 is 5.97 Å². The van der Waals surface area contributed by atoms with Gasteiger partial charge in [0.1, 0.15) is 5.75 Å². The Labute approximate surface area is 153 Å². The van der Waals surface area contributed by atoms with Crippen LogP contribution in [0.4, 0.5) is 0 Å². The molecule has 26 heavy (non-hydrogen) atoms. The van der Waals surface area contributed by atoms with Crippen molar-refractivity contribution in [1.29, 1.82) is 0 Å². The first-order valence-corrected chi connectivity index (χ1v) is 8.98. The van der Waals surface area contributed by atoms with Crippen LogP contribution in [0.2, 0.25) is 0 Å².